The summed E-state index contributed by atoms with van der Waals surface area (Å²) in [6.07, 6.45) is 3.20. The molecule has 86 valence electrons. The normalized spacial score (nSPS) is 11.2. The number of benzene rings is 1. The summed E-state index contributed by atoms with van der Waals surface area (Å²) in [5, 5.41) is 1.36. The molecule has 0 atom stereocenters. The van der Waals surface area contributed by atoms with Crippen molar-refractivity contribution in [1.82, 2.24) is 4.98 Å². The maximum absolute atomic E-state index is 3.33. The molecular weight excluding hydrogens is 226 g/mol. The number of H-pyrrole nitrogens is 1. The van der Waals surface area contributed by atoms with Gasteiger partial charge < -0.3 is 4.98 Å². The SMILES string of the molecule is CCc1c[nH]c2ccc(-c3ccc(C)s3)cc12. The molecule has 0 unspecified atom stereocenters. The molecule has 0 bridgehead atoms. The van der Waals surface area contributed by atoms with E-state index in [0.29, 0.717) is 0 Å². The summed E-state index contributed by atoms with van der Waals surface area (Å²) in [5.41, 5.74) is 3.96. The molecule has 0 saturated carbocycles. The Kier molecular flexibility index (Phi) is 2.52. The summed E-state index contributed by atoms with van der Waals surface area (Å²) < 4.78 is 0. The topological polar surface area (TPSA) is 15.8 Å². The maximum atomic E-state index is 3.33. The Morgan fingerprint density at radius 3 is 2.76 bits per heavy atom. The fraction of sp³-hybridized carbons (Fsp3) is 0.200. The molecule has 1 aromatic carbocycles. The summed E-state index contributed by atoms with van der Waals surface area (Å²) in [7, 11) is 0. The highest BCUT2D eigenvalue weighted by molar-refractivity contribution is 7.15. The summed E-state index contributed by atoms with van der Waals surface area (Å²) in [5.74, 6) is 0. The van der Waals surface area contributed by atoms with Gasteiger partial charge in [0.25, 0.3) is 0 Å². The van der Waals surface area contributed by atoms with E-state index < -0.39 is 0 Å². The van der Waals surface area contributed by atoms with Gasteiger partial charge in [-0.05, 0) is 48.7 Å². The van der Waals surface area contributed by atoms with Crippen LogP contribution in [0.5, 0.6) is 0 Å². The summed E-state index contributed by atoms with van der Waals surface area (Å²) in [6.45, 7) is 4.35. The maximum Gasteiger partial charge on any atom is 0.0457 e. The van der Waals surface area contributed by atoms with Crippen LogP contribution in [0.25, 0.3) is 21.3 Å². The molecule has 1 N–H and O–H groups in total. The van der Waals surface area contributed by atoms with E-state index in [-0.39, 0.29) is 0 Å². The molecular formula is C15H15NS. The molecule has 0 aliphatic heterocycles. The largest absolute Gasteiger partial charge is 0.361 e. The van der Waals surface area contributed by atoms with Crippen molar-refractivity contribution in [3.05, 3.63) is 47.0 Å². The van der Waals surface area contributed by atoms with Crippen LogP contribution >= 0.6 is 11.3 Å². The Bertz CT molecular complexity index is 660. The lowest BCUT2D eigenvalue weighted by Crippen LogP contribution is -1.77. The van der Waals surface area contributed by atoms with Crippen molar-refractivity contribution in [3.8, 4) is 10.4 Å². The zero-order chi connectivity index (χ0) is 11.8. The standard InChI is InChI=1S/C15H15NS/c1-3-11-9-16-14-6-5-12(8-13(11)14)15-7-4-10(2)17-15/h4-9,16H,3H2,1-2H3. The Balaban J connectivity index is 2.18. The van der Waals surface area contributed by atoms with Crippen molar-refractivity contribution in [3.63, 3.8) is 0 Å². The lowest BCUT2D eigenvalue weighted by Gasteiger charge is -1.99. The van der Waals surface area contributed by atoms with Gasteiger partial charge in [-0.15, -0.1) is 11.3 Å². The van der Waals surface area contributed by atoms with Crippen LogP contribution in [0, 0.1) is 6.92 Å². The van der Waals surface area contributed by atoms with Crippen molar-refractivity contribution in [1.29, 1.82) is 0 Å². The van der Waals surface area contributed by atoms with Gasteiger partial charge in [0.2, 0.25) is 0 Å². The van der Waals surface area contributed by atoms with Gasteiger partial charge in [0.15, 0.2) is 0 Å². The number of aromatic nitrogens is 1. The second kappa shape index (κ2) is 4.04. The predicted octanol–water partition coefficient (Wildman–Crippen LogP) is 4.77. The minimum Gasteiger partial charge on any atom is -0.361 e. The molecule has 0 aliphatic carbocycles. The quantitative estimate of drug-likeness (QED) is 0.665. The molecule has 1 nitrogen and oxygen atoms in total. The average molecular weight is 241 g/mol. The van der Waals surface area contributed by atoms with Gasteiger partial charge >= 0.3 is 0 Å². The average Bonchev–Trinajstić information content (AvgIpc) is 2.94. The summed E-state index contributed by atoms with van der Waals surface area (Å²) in [6, 6.07) is 11.1. The molecule has 3 rings (SSSR count). The third-order valence-corrected chi connectivity index (χ3v) is 4.22. The molecule has 0 fully saturated rings. The second-order valence-electron chi connectivity index (χ2n) is 4.34. The van der Waals surface area contributed by atoms with E-state index in [4.69, 9.17) is 0 Å². The van der Waals surface area contributed by atoms with E-state index in [2.05, 4.69) is 55.4 Å². The predicted molar refractivity (Wildman–Crippen MR) is 75.7 cm³/mol. The van der Waals surface area contributed by atoms with E-state index in [0.717, 1.165) is 6.42 Å². The van der Waals surface area contributed by atoms with Gasteiger partial charge in [-0.25, -0.2) is 0 Å². The third kappa shape index (κ3) is 1.79. The van der Waals surface area contributed by atoms with Crippen molar-refractivity contribution in [2.24, 2.45) is 0 Å². The van der Waals surface area contributed by atoms with E-state index in [1.807, 2.05) is 11.3 Å². The molecule has 0 radical (unpaired) electrons. The highest BCUT2D eigenvalue weighted by Crippen LogP contribution is 2.31. The van der Waals surface area contributed by atoms with Crippen LogP contribution in [0.3, 0.4) is 0 Å². The molecule has 0 spiro atoms. The Morgan fingerprint density at radius 2 is 2.06 bits per heavy atom. The molecule has 2 aromatic heterocycles. The van der Waals surface area contributed by atoms with Crippen molar-refractivity contribution in [2.75, 3.05) is 0 Å². The minimum atomic E-state index is 1.08. The van der Waals surface area contributed by atoms with Crippen LogP contribution in [0.1, 0.15) is 17.4 Å². The van der Waals surface area contributed by atoms with Crippen LogP contribution in [-0.4, -0.2) is 4.98 Å². The number of nitrogens with one attached hydrogen (secondary N) is 1. The van der Waals surface area contributed by atoms with Crippen LogP contribution in [-0.2, 0) is 6.42 Å². The first-order chi connectivity index (χ1) is 8.28. The molecule has 3 aromatic rings. The van der Waals surface area contributed by atoms with Crippen LogP contribution in [0.15, 0.2) is 36.5 Å². The van der Waals surface area contributed by atoms with E-state index in [9.17, 15) is 0 Å². The van der Waals surface area contributed by atoms with E-state index in [1.54, 1.807) is 0 Å². The Hall–Kier alpha value is -1.54. The minimum absolute atomic E-state index is 1.08. The van der Waals surface area contributed by atoms with Crippen molar-refractivity contribution >= 4 is 22.2 Å². The number of aryl methyl sites for hydroxylation is 2. The highest BCUT2D eigenvalue weighted by Gasteiger charge is 2.05. The lowest BCUT2D eigenvalue weighted by molar-refractivity contribution is 1.15. The Labute approximate surface area is 105 Å². The number of thiophene rings is 1. The van der Waals surface area contributed by atoms with Gasteiger partial charge in [-0.3, -0.25) is 0 Å². The van der Waals surface area contributed by atoms with Crippen molar-refractivity contribution in [2.45, 2.75) is 20.3 Å². The van der Waals surface area contributed by atoms with Crippen molar-refractivity contribution < 1.29 is 0 Å². The first kappa shape index (κ1) is 10.6. The molecule has 2 heteroatoms. The van der Waals surface area contributed by atoms with E-state index in [1.165, 1.54) is 31.8 Å². The van der Waals surface area contributed by atoms with Gasteiger partial charge in [0.05, 0.1) is 0 Å². The Morgan fingerprint density at radius 1 is 1.18 bits per heavy atom. The summed E-state index contributed by atoms with van der Waals surface area (Å²) in [4.78, 5) is 6.05. The van der Waals surface area contributed by atoms with Crippen LogP contribution in [0.2, 0.25) is 0 Å². The summed E-state index contributed by atoms with van der Waals surface area (Å²) >= 11 is 1.86. The van der Waals surface area contributed by atoms with Crippen LogP contribution < -0.4 is 0 Å². The van der Waals surface area contributed by atoms with Gasteiger partial charge in [-0.2, -0.15) is 0 Å². The number of hydrogen-bond donors (Lipinski definition) is 1. The first-order valence-electron chi connectivity index (χ1n) is 5.94. The highest BCUT2D eigenvalue weighted by atomic mass is 32.1. The number of hydrogen-bond acceptors (Lipinski definition) is 1. The van der Waals surface area contributed by atoms with Crippen LogP contribution in [0.4, 0.5) is 0 Å². The molecule has 17 heavy (non-hydrogen) atoms. The van der Waals surface area contributed by atoms with Gasteiger partial charge in [0, 0.05) is 26.9 Å². The third-order valence-electron chi connectivity index (χ3n) is 3.17. The molecule has 0 aliphatic rings. The zero-order valence-corrected chi connectivity index (χ0v) is 10.9. The molecule has 0 saturated heterocycles. The molecule has 2 heterocycles. The smallest absolute Gasteiger partial charge is 0.0457 e. The number of aromatic amines is 1. The second-order valence-corrected chi connectivity index (χ2v) is 5.63. The fourth-order valence-electron chi connectivity index (χ4n) is 2.21. The lowest BCUT2D eigenvalue weighted by atomic mass is 10.1. The zero-order valence-electron chi connectivity index (χ0n) is 10.1. The molecule has 0 amide bonds. The first-order valence-corrected chi connectivity index (χ1v) is 6.76. The van der Waals surface area contributed by atoms with Gasteiger partial charge in [-0.1, -0.05) is 13.0 Å². The fourth-order valence-corrected chi connectivity index (χ4v) is 3.08. The number of rotatable bonds is 2. The number of fused-ring (bicyclic) bond motifs is 1. The van der Waals surface area contributed by atoms with Gasteiger partial charge in [0.1, 0.15) is 0 Å². The monoisotopic (exact) mass is 241 g/mol. The van der Waals surface area contributed by atoms with E-state index >= 15 is 0 Å².